The first-order valence-corrected chi connectivity index (χ1v) is 9.12. The van der Waals surface area contributed by atoms with Gasteiger partial charge in [0.25, 0.3) is 0 Å². The SMILES string of the molecule is COc1ccc(C2CCC(/C=C/c3ccc(CO)c(F)c3F)CC2)cc1F. The summed E-state index contributed by atoms with van der Waals surface area (Å²) in [5.74, 6) is -1.44. The molecule has 144 valence electrons. The third-order valence-electron chi connectivity index (χ3n) is 5.33. The van der Waals surface area contributed by atoms with Crippen LogP contribution in [-0.4, -0.2) is 12.2 Å². The summed E-state index contributed by atoms with van der Waals surface area (Å²) in [6.45, 7) is -0.525. The number of hydrogen-bond acceptors (Lipinski definition) is 2. The van der Waals surface area contributed by atoms with E-state index in [0.29, 0.717) is 5.92 Å². The molecule has 2 aromatic rings. The van der Waals surface area contributed by atoms with Crippen molar-refractivity contribution in [1.29, 1.82) is 0 Å². The summed E-state index contributed by atoms with van der Waals surface area (Å²) >= 11 is 0. The van der Waals surface area contributed by atoms with Crippen LogP contribution in [0.2, 0.25) is 0 Å². The zero-order chi connectivity index (χ0) is 19.4. The van der Waals surface area contributed by atoms with Gasteiger partial charge in [-0.05, 0) is 55.2 Å². The van der Waals surface area contributed by atoms with Crippen LogP contribution in [0.5, 0.6) is 5.75 Å². The molecule has 2 aromatic carbocycles. The Morgan fingerprint density at radius 3 is 2.41 bits per heavy atom. The van der Waals surface area contributed by atoms with Crippen molar-refractivity contribution in [3.8, 4) is 5.75 Å². The number of rotatable bonds is 5. The standard InChI is InChI=1S/C22H23F3O2/c1-27-20-11-10-17(12-19(20)23)15-5-2-14(3-6-15)4-7-16-8-9-18(13-26)22(25)21(16)24/h4,7-12,14-15,26H,2-3,5-6,13H2,1H3/b7-4+. The van der Waals surface area contributed by atoms with Crippen molar-refractivity contribution in [2.75, 3.05) is 7.11 Å². The molecule has 1 saturated carbocycles. The van der Waals surface area contributed by atoms with Gasteiger partial charge in [-0.15, -0.1) is 0 Å². The molecule has 0 aromatic heterocycles. The molecule has 0 radical (unpaired) electrons. The van der Waals surface area contributed by atoms with E-state index in [2.05, 4.69) is 0 Å². The third kappa shape index (κ3) is 4.35. The Bertz CT molecular complexity index is 825. The van der Waals surface area contributed by atoms with E-state index >= 15 is 0 Å². The van der Waals surface area contributed by atoms with Gasteiger partial charge in [0.05, 0.1) is 13.7 Å². The van der Waals surface area contributed by atoms with Crippen molar-refractivity contribution >= 4 is 6.08 Å². The molecule has 0 saturated heterocycles. The summed E-state index contributed by atoms with van der Waals surface area (Å²) in [6, 6.07) is 7.98. The number of halogens is 3. The van der Waals surface area contributed by atoms with Crippen molar-refractivity contribution in [3.63, 3.8) is 0 Å². The molecule has 0 unspecified atom stereocenters. The minimum absolute atomic E-state index is 0.0446. The van der Waals surface area contributed by atoms with Gasteiger partial charge in [0.15, 0.2) is 23.2 Å². The highest BCUT2D eigenvalue weighted by Crippen LogP contribution is 2.37. The molecule has 3 rings (SSSR count). The van der Waals surface area contributed by atoms with E-state index in [9.17, 15) is 13.2 Å². The Hall–Kier alpha value is -2.27. The molecule has 5 heteroatoms. The normalized spacial score (nSPS) is 20.2. The Balaban J connectivity index is 1.62. The van der Waals surface area contributed by atoms with E-state index in [1.807, 2.05) is 12.1 Å². The Morgan fingerprint density at radius 1 is 1.04 bits per heavy atom. The van der Waals surface area contributed by atoms with E-state index in [1.54, 1.807) is 18.2 Å². The van der Waals surface area contributed by atoms with Gasteiger partial charge in [-0.1, -0.05) is 30.4 Å². The number of methoxy groups -OCH3 is 1. The van der Waals surface area contributed by atoms with Gasteiger partial charge in [0.1, 0.15) is 0 Å². The van der Waals surface area contributed by atoms with Gasteiger partial charge >= 0.3 is 0 Å². The lowest BCUT2D eigenvalue weighted by Gasteiger charge is -2.27. The Labute approximate surface area is 157 Å². The van der Waals surface area contributed by atoms with Crippen molar-refractivity contribution in [2.24, 2.45) is 5.92 Å². The number of aliphatic hydroxyl groups excluding tert-OH is 1. The molecule has 0 spiro atoms. The maximum absolute atomic E-state index is 14.0. The van der Waals surface area contributed by atoms with Crippen LogP contribution in [0.15, 0.2) is 36.4 Å². The quantitative estimate of drug-likeness (QED) is 0.737. The van der Waals surface area contributed by atoms with Crippen LogP contribution in [0.1, 0.15) is 48.3 Å². The minimum Gasteiger partial charge on any atom is -0.494 e. The first-order valence-electron chi connectivity index (χ1n) is 9.12. The summed E-state index contributed by atoms with van der Waals surface area (Å²) in [4.78, 5) is 0. The van der Waals surface area contributed by atoms with E-state index in [4.69, 9.17) is 9.84 Å². The van der Waals surface area contributed by atoms with Crippen molar-refractivity contribution in [2.45, 2.75) is 38.2 Å². The second kappa shape index (κ2) is 8.61. The van der Waals surface area contributed by atoms with E-state index in [-0.39, 0.29) is 28.6 Å². The maximum atomic E-state index is 14.0. The largest absolute Gasteiger partial charge is 0.494 e. The van der Waals surface area contributed by atoms with Crippen LogP contribution in [-0.2, 0) is 6.61 Å². The van der Waals surface area contributed by atoms with Gasteiger partial charge in [-0.3, -0.25) is 0 Å². The highest BCUT2D eigenvalue weighted by atomic mass is 19.2. The molecular weight excluding hydrogens is 353 g/mol. The molecule has 0 atom stereocenters. The van der Waals surface area contributed by atoms with Crippen molar-refractivity contribution < 1.29 is 23.0 Å². The zero-order valence-electron chi connectivity index (χ0n) is 15.2. The monoisotopic (exact) mass is 376 g/mol. The summed E-state index contributed by atoms with van der Waals surface area (Å²) in [5.41, 5.74) is 1.12. The highest BCUT2D eigenvalue weighted by molar-refractivity contribution is 5.51. The number of aliphatic hydroxyl groups is 1. The zero-order valence-corrected chi connectivity index (χ0v) is 15.2. The molecule has 1 fully saturated rings. The van der Waals surface area contributed by atoms with Gasteiger partial charge in [0.2, 0.25) is 0 Å². The lowest BCUT2D eigenvalue weighted by molar-refractivity contribution is 0.273. The molecule has 0 heterocycles. The lowest BCUT2D eigenvalue weighted by Crippen LogP contribution is -2.12. The summed E-state index contributed by atoms with van der Waals surface area (Å²) in [5, 5.41) is 8.98. The second-order valence-corrected chi connectivity index (χ2v) is 6.96. The van der Waals surface area contributed by atoms with Gasteiger partial charge in [-0.2, -0.15) is 0 Å². The van der Waals surface area contributed by atoms with Crippen LogP contribution in [0.25, 0.3) is 6.08 Å². The molecular formula is C22H23F3O2. The molecule has 27 heavy (non-hydrogen) atoms. The lowest BCUT2D eigenvalue weighted by atomic mass is 9.78. The van der Waals surface area contributed by atoms with Crippen LogP contribution in [0.4, 0.5) is 13.2 Å². The predicted molar refractivity (Wildman–Crippen MR) is 99.0 cm³/mol. The summed E-state index contributed by atoms with van der Waals surface area (Å²) in [6.07, 6.45) is 7.18. The van der Waals surface area contributed by atoms with Gasteiger partial charge in [0, 0.05) is 11.1 Å². The molecule has 1 N–H and O–H groups in total. The van der Waals surface area contributed by atoms with E-state index in [0.717, 1.165) is 31.2 Å². The van der Waals surface area contributed by atoms with Crippen molar-refractivity contribution in [3.05, 3.63) is 70.5 Å². The van der Waals surface area contributed by atoms with E-state index in [1.165, 1.54) is 19.2 Å². The second-order valence-electron chi connectivity index (χ2n) is 6.96. The Morgan fingerprint density at radius 2 is 1.78 bits per heavy atom. The number of ether oxygens (including phenoxy) is 1. The summed E-state index contributed by atoms with van der Waals surface area (Å²) < 4.78 is 46.6. The molecule has 1 aliphatic carbocycles. The first-order chi connectivity index (χ1) is 13.0. The fraction of sp³-hybridized carbons (Fsp3) is 0.364. The fourth-order valence-electron chi connectivity index (χ4n) is 3.68. The third-order valence-corrected chi connectivity index (χ3v) is 5.33. The molecule has 0 aliphatic heterocycles. The molecule has 0 amide bonds. The minimum atomic E-state index is -0.995. The van der Waals surface area contributed by atoms with Crippen molar-refractivity contribution in [1.82, 2.24) is 0 Å². The van der Waals surface area contributed by atoms with Gasteiger partial charge < -0.3 is 9.84 Å². The first kappa shape index (κ1) is 19.5. The summed E-state index contributed by atoms with van der Waals surface area (Å²) in [7, 11) is 1.45. The average molecular weight is 376 g/mol. The van der Waals surface area contributed by atoms with Gasteiger partial charge in [-0.25, -0.2) is 13.2 Å². The molecule has 1 aliphatic rings. The smallest absolute Gasteiger partial charge is 0.166 e. The van der Waals surface area contributed by atoms with Crippen LogP contribution >= 0.6 is 0 Å². The number of hydrogen-bond donors (Lipinski definition) is 1. The average Bonchev–Trinajstić information content (AvgIpc) is 2.69. The Kier molecular flexibility index (Phi) is 6.22. The predicted octanol–water partition coefficient (Wildman–Crippen LogP) is 5.59. The topological polar surface area (TPSA) is 29.5 Å². The number of allylic oxidation sites excluding steroid dienone is 1. The fourth-order valence-corrected chi connectivity index (χ4v) is 3.68. The van der Waals surface area contributed by atoms with E-state index < -0.39 is 18.2 Å². The highest BCUT2D eigenvalue weighted by Gasteiger charge is 2.22. The van der Waals surface area contributed by atoms with Crippen LogP contribution in [0.3, 0.4) is 0 Å². The van der Waals surface area contributed by atoms with Crippen LogP contribution in [0, 0.1) is 23.4 Å². The molecule has 0 bridgehead atoms. The number of benzene rings is 2. The van der Waals surface area contributed by atoms with Crippen LogP contribution < -0.4 is 4.74 Å². The molecule has 2 nitrogen and oxygen atoms in total. The maximum Gasteiger partial charge on any atom is 0.166 e.